The molecule has 1 heterocycles. The first-order valence-corrected chi connectivity index (χ1v) is 5.64. The Kier molecular flexibility index (Phi) is 2.09. The molecule has 1 saturated carbocycles. The van der Waals surface area contributed by atoms with Crippen LogP contribution in [-0.2, 0) is 0 Å². The van der Waals surface area contributed by atoms with Crippen LogP contribution >= 0.6 is 0 Å². The molecule has 3 rings (SSSR count). The van der Waals surface area contributed by atoms with E-state index in [0.717, 1.165) is 22.9 Å². The number of aromatic amines is 1. The summed E-state index contributed by atoms with van der Waals surface area (Å²) in [6.45, 7) is 2.16. The normalized spacial score (nSPS) is 17.6. The lowest BCUT2D eigenvalue weighted by molar-refractivity contribution is 0.629. The highest BCUT2D eigenvalue weighted by Crippen LogP contribution is 2.33. The Hall–Kier alpha value is -1.58. The second-order valence-electron chi connectivity index (χ2n) is 4.52. The standard InChI is InChI=1S/C12H14FN3/c1-7(8-2-3-8)14-12-15-10-5-4-9(13)6-11(10)16-12/h4-8H,2-3H2,1H3,(H2,14,15,16). The van der Waals surface area contributed by atoms with Crippen molar-refractivity contribution >= 4 is 17.0 Å². The van der Waals surface area contributed by atoms with Crippen molar-refractivity contribution in [3.05, 3.63) is 24.0 Å². The van der Waals surface area contributed by atoms with Gasteiger partial charge in [0.15, 0.2) is 0 Å². The zero-order valence-electron chi connectivity index (χ0n) is 9.13. The fourth-order valence-corrected chi connectivity index (χ4v) is 1.98. The number of hydrogen-bond acceptors (Lipinski definition) is 2. The van der Waals surface area contributed by atoms with Crippen molar-refractivity contribution in [3.8, 4) is 0 Å². The van der Waals surface area contributed by atoms with Gasteiger partial charge in [-0.15, -0.1) is 0 Å². The van der Waals surface area contributed by atoms with Gasteiger partial charge in [0.1, 0.15) is 5.82 Å². The summed E-state index contributed by atoms with van der Waals surface area (Å²) in [6, 6.07) is 5.02. The first-order valence-electron chi connectivity index (χ1n) is 5.64. The zero-order valence-corrected chi connectivity index (χ0v) is 9.13. The number of nitrogens with one attached hydrogen (secondary N) is 2. The molecule has 0 aliphatic heterocycles. The third kappa shape index (κ3) is 1.75. The number of halogens is 1. The van der Waals surface area contributed by atoms with E-state index in [1.54, 1.807) is 6.07 Å². The predicted molar refractivity (Wildman–Crippen MR) is 61.9 cm³/mol. The van der Waals surface area contributed by atoms with Gasteiger partial charge in [0, 0.05) is 6.04 Å². The molecule has 0 saturated heterocycles. The molecular weight excluding hydrogens is 205 g/mol. The number of rotatable bonds is 3. The molecule has 2 aromatic rings. The molecule has 1 fully saturated rings. The minimum Gasteiger partial charge on any atom is -0.353 e. The fourth-order valence-electron chi connectivity index (χ4n) is 1.98. The molecule has 16 heavy (non-hydrogen) atoms. The highest BCUT2D eigenvalue weighted by atomic mass is 19.1. The van der Waals surface area contributed by atoms with Gasteiger partial charge in [0.25, 0.3) is 0 Å². The molecule has 1 aromatic heterocycles. The monoisotopic (exact) mass is 219 g/mol. The van der Waals surface area contributed by atoms with E-state index in [4.69, 9.17) is 0 Å². The van der Waals surface area contributed by atoms with Gasteiger partial charge in [0.05, 0.1) is 11.0 Å². The molecule has 1 atom stereocenters. The van der Waals surface area contributed by atoms with E-state index < -0.39 is 0 Å². The third-order valence-corrected chi connectivity index (χ3v) is 3.14. The molecule has 4 heteroatoms. The largest absolute Gasteiger partial charge is 0.353 e. The average Bonchev–Trinajstić information content (AvgIpc) is 3.00. The summed E-state index contributed by atoms with van der Waals surface area (Å²) in [6.07, 6.45) is 2.59. The number of anilines is 1. The van der Waals surface area contributed by atoms with Gasteiger partial charge in [0.2, 0.25) is 5.95 Å². The Labute approximate surface area is 93.1 Å². The lowest BCUT2D eigenvalue weighted by Crippen LogP contribution is -2.17. The molecule has 2 N–H and O–H groups in total. The Morgan fingerprint density at radius 3 is 3.06 bits per heavy atom. The molecule has 0 amide bonds. The maximum atomic E-state index is 13.0. The average molecular weight is 219 g/mol. The number of H-pyrrole nitrogens is 1. The van der Waals surface area contributed by atoms with Crippen LogP contribution in [-0.4, -0.2) is 16.0 Å². The van der Waals surface area contributed by atoms with Crippen molar-refractivity contribution in [2.45, 2.75) is 25.8 Å². The molecule has 1 aromatic carbocycles. The van der Waals surface area contributed by atoms with Gasteiger partial charge in [-0.25, -0.2) is 9.37 Å². The summed E-state index contributed by atoms with van der Waals surface area (Å²) in [4.78, 5) is 7.46. The predicted octanol–water partition coefficient (Wildman–Crippen LogP) is 2.91. The Bertz CT molecular complexity index is 516. The molecule has 3 nitrogen and oxygen atoms in total. The van der Waals surface area contributed by atoms with E-state index in [0.29, 0.717) is 6.04 Å². The highest BCUT2D eigenvalue weighted by Gasteiger charge is 2.28. The van der Waals surface area contributed by atoms with Crippen LogP contribution in [0.15, 0.2) is 18.2 Å². The quantitative estimate of drug-likeness (QED) is 0.833. The summed E-state index contributed by atoms with van der Waals surface area (Å²) in [5.41, 5.74) is 1.54. The van der Waals surface area contributed by atoms with Gasteiger partial charge in [-0.05, 0) is 43.9 Å². The Balaban J connectivity index is 1.86. The van der Waals surface area contributed by atoms with Crippen molar-refractivity contribution in [2.24, 2.45) is 5.92 Å². The SMILES string of the molecule is CC(Nc1nc2ccc(F)cc2[nH]1)C1CC1. The molecule has 1 aliphatic carbocycles. The highest BCUT2D eigenvalue weighted by molar-refractivity contribution is 5.77. The summed E-state index contributed by atoms with van der Waals surface area (Å²) >= 11 is 0. The molecular formula is C12H14FN3. The minimum atomic E-state index is -0.238. The van der Waals surface area contributed by atoms with Crippen LogP contribution in [0.25, 0.3) is 11.0 Å². The Morgan fingerprint density at radius 2 is 2.31 bits per heavy atom. The smallest absolute Gasteiger partial charge is 0.201 e. The zero-order chi connectivity index (χ0) is 11.1. The number of hydrogen-bond donors (Lipinski definition) is 2. The third-order valence-electron chi connectivity index (χ3n) is 3.14. The first-order chi connectivity index (χ1) is 7.72. The van der Waals surface area contributed by atoms with Crippen molar-refractivity contribution in [3.63, 3.8) is 0 Å². The van der Waals surface area contributed by atoms with Crippen LogP contribution in [0.1, 0.15) is 19.8 Å². The van der Waals surface area contributed by atoms with Gasteiger partial charge >= 0.3 is 0 Å². The summed E-state index contributed by atoms with van der Waals surface area (Å²) in [7, 11) is 0. The van der Waals surface area contributed by atoms with Crippen molar-refractivity contribution in [2.75, 3.05) is 5.32 Å². The van der Waals surface area contributed by atoms with E-state index in [1.165, 1.54) is 25.0 Å². The number of aromatic nitrogens is 2. The summed E-state index contributed by atoms with van der Waals surface area (Å²) in [5, 5.41) is 3.32. The minimum absolute atomic E-state index is 0.238. The molecule has 84 valence electrons. The van der Waals surface area contributed by atoms with Crippen LogP contribution in [0.2, 0.25) is 0 Å². The number of benzene rings is 1. The van der Waals surface area contributed by atoms with Gasteiger partial charge in [-0.2, -0.15) is 0 Å². The van der Waals surface area contributed by atoms with Crippen LogP contribution < -0.4 is 5.32 Å². The first kappa shape index (κ1) is 9.63. The van der Waals surface area contributed by atoms with Crippen molar-refractivity contribution in [1.29, 1.82) is 0 Å². The number of fused-ring (bicyclic) bond motifs is 1. The van der Waals surface area contributed by atoms with E-state index in [9.17, 15) is 4.39 Å². The van der Waals surface area contributed by atoms with Crippen LogP contribution in [0, 0.1) is 11.7 Å². The van der Waals surface area contributed by atoms with Crippen molar-refractivity contribution in [1.82, 2.24) is 9.97 Å². The summed E-state index contributed by atoms with van der Waals surface area (Å²) in [5.74, 6) is 1.27. The molecule has 0 radical (unpaired) electrons. The van der Waals surface area contributed by atoms with Gasteiger partial charge in [-0.1, -0.05) is 0 Å². The van der Waals surface area contributed by atoms with E-state index >= 15 is 0 Å². The second kappa shape index (κ2) is 3.47. The molecule has 1 unspecified atom stereocenters. The number of nitrogens with zero attached hydrogens (tertiary/aromatic N) is 1. The number of imidazole rings is 1. The summed E-state index contributed by atoms with van der Waals surface area (Å²) < 4.78 is 13.0. The van der Waals surface area contributed by atoms with Crippen molar-refractivity contribution < 1.29 is 4.39 Å². The van der Waals surface area contributed by atoms with Crippen LogP contribution in [0.5, 0.6) is 0 Å². The maximum absolute atomic E-state index is 13.0. The van der Waals surface area contributed by atoms with E-state index in [1.807, 2.05) is 0 Å². The Morgan fingerprint density at radius 1 is 1.50 bits per heavy atom. The van der Waals surface area contributed by atoms with Crippen LogP contribution in [0.3, 0.4) is 0 Å². The van der Waals surface area contributed by atoms with Gasteiger partial charge < -0.3 is 10.3 Å². The van der Waals surface area contributed by atoms with E-state index in [-0.39, 0.29) is 5.82 Å². The second-order valence-corrected chi connectivity index (χ2v) is 4.52. The maximum Gasteiger partial charge on any atom is 0.201 e. The molecule has 1 aliphatic rings. The van der Waals surface area contributed by atoms with E-state index in [2.05, 4.69) is 22.2 Å². The molecule has 0 bridgehead atoms. The van der Waals surface area contributed by atoms with Crippen LogP contribution in [0.4, 0.5) is 10.3 Å². The topological polar surface area (TPSA) is 40.7 Å². The molecule has 0 spiro atoms. The fraction of sp³-hybridized carbons (Fsp3) is 0.417. The lowest BCUT2D eigenvalue weighted by Gasteiger charge is -2.10. The van der Waals surface area contributed by atoms with Gasteiger partial charge in [-0.3, -0.25) is 0 Å². The lowest BCUT2D eigenvalue weighted by atomic mass is 10.2.